The van der Waals surface area contributed by atoms with E-state index in [1.54, 1.807) is 38.1 Å². The minimum atomic E-state index is -1.34. The number of hydrogen-bond acceptors (Lipinski definition) is 4. The molecular weight excluding hydrogens is 617 g/mol. The molecule has 204 valence electrons. The lowest BCUT2D eigenvalue weighted by atomic mass is 9.54. The van der Waals surface area contributed by atoms with Crippen molar-refractivity contribution in [3.63, 3.8) is 0 Å². The lowest BCUT2D eigenvalue weighted by Crippen LogP contribution is -2.57. The first kappa shape index (κ1) is 27.0. The number of benzene rings is 3. The van der Waals surface area contributed by atoms with Crippen LogP contribution < -0.4 is 10.9 Å². The average Bonchev–Trinajstić information content (AvgIpc) is 3.21. The third kappa shape index (κ3) is 3.55. The molecule has 1 aliphatic heterocycles. The molecule has 1 saturated heterocycles. The molecule has 0 unspecified atom stereocenters. The smallest absolute Gasteiger partial charge is 0.269 e. The topological polar surface area (TPSA) is 95.6 Å². The Labute approximate surface area is 249 Å². The van der Waals surface area contributed by atoms with Crippen LogP contribution in [0.2, 0.25) is 0 Å². The van der Waals surface area contributed by atoms with E-state index in [1.807, 2.05) is 48.5 Å². The molecule has 0 aromatic heterocycles. The Morgan fingerprint density at radius 1 is 0.775 bits per heavy atom. The molecule has 4 aliphatic rings. The molecule has 40 heavy (non-hydrogen) atoms. The van der Waals surface area contributed by atoms with Crippen LogP contribution in [0.1, 0.15) is 46.5 Å². The van der Waals surface area contributed by atoms with Crippen LogP contribution in [0.15, 0.2) is 77.3 Å². The van der Waals surface area contributed by atoms with Crippen molar-refractivity contribution < 1.29 is 19.2 Å². The van der Waals surface area contributed by atoms with Crippen LogP contribution in [-0.2, 0) is 24.1 Å². The number of alkyl halides is 2. The van der Waals surface area contributed by atoms with E-state index < -0.39 is 57.2 Å². The Morgan fingerprint density at radius 2 is 1.20 bits per heavy atom. The van der Waals surface area contributed by atoms with Gasteiger partial charge in [-0.05, 0) is 52.4 Å². The van der Waals surface area contributed by atoms with Crippen molar-refractivity contribution in [2.24, 2.45) is 17.8 Å². The van der Waals surface area contributed by atoms with Crippen LogP contribution in [0.3, 0.4) is 0 Å². The molecule has 3 aromatic carbocycles. The molecular formula is C30H24BrCl2N3O4. The van der Waals surface area contributed by atoms with Crippen LogP contribution in [0.4, 0.5) is 0 Å². The van der Waals surface area contributed by atoms with Crippen LogP contribution in [0, 0.1) is 17.8 Å². The highest BCUT2D eigenvalue weighted by molar-refractivity contribution is 9.10. The number of hydrogen-bond donors (Lipinski definition) is 2. The van der Waals surface area contributed by atoms with Gasteiger partial charge in [0.2, 0.25) is 11.8 Å². The van der Waals surface area contributed by atoms with Gasteiger partial charge >= 0.3 is 0 Å². The van der Waals surface area contributed by atoms with Gasteiger partial charge in [-0.1, -0.05) is 78.3 Å². The first-order valence-corrected chi connectivity index (χ1v) is 14.4. The van der Waals surface area contributed by atoms with Crippen molar-refractivity contribution in [2.75, 3.05) is 0 Å². The first-order chi connectivity index (χ1) is 19.0. The van der Waals surface area contributed by atoms with E-state index >= 15 is 0 Å². The van der Waals surface area contributed by atoms with Crippen molar-refractivity contribution >= 4 is 62.8 Å². The van der Waals surface area contributed by atoms with Gasteiger partial charge in [-0.2, -0.15) is 0 Å². The molecule has 10 heteroatoms. The van der Waals surface area contributed by atoms with Gasteiger partial charge < -0.3 is 0 Å². The van der Waals surface area contributed by atoms with Gasteiger partial charge in [0.1, 0.15) is 15.8 Å². The van der Waals surface area contributed by atoms with Gasteiger partial charge in [0.15, 0.2) is 0 Å². The molecule has 1 heterocycles. The van der Waals surface area contributed by atoms with Crippen molar-refractivity contribution in [1.29, 1.82) is 0 Å². The summed E-state index contributed by atoms with van der Waals surface area (Å²) in [6.45, 7) is 3.46. The Morgan fingerprint density at radius 3 is 1.60 bits per heavy atom. The number of amides is 4. The monoisotopic (exact) mass is 639 g/mol. The molecule has 2 N–H and O–H groups in total. The van der Waals surface area contributed by atoms with Crippen LogP contribution in [0.25, 0.3) is 0 Å². The SMILES string of the molecule is CC(C)[C@@H](C(=O)NNC(=O)c1ccc(Br)cc1)N1C(=O)[C@@H]2[C@H](C1=O)C1(Cl)c3ccccc3C2(Cl)c2ccccc21. The molecule has 0 radical (unpaired) electrons. The molecule has 0 spiro atoms. The summed E-state index contributed by atoms with van der Waals surface area (Å²) in [5.74, 6) is -4.88. The number of likely N-dealkylation sites (tertiary alicyclic amines) is 1. The highest BCUT2D eigenvalue weighted by Gasteiger charge is 2.73. The number of carbonyl (C=O) groups is 4. The lowest BCUT2D eigenvalue weighted by Gasteiger charge is -2.54. The summed E-state index contributed by atoms with van der Waals surface area (Å²) in [6, 6.07) is 20.1. The normalized spacial score (nSPS) is 26.7. The Bertz CT molecular complexity index is 1470. The summed E-state index contributed by atoms with van der Waals surface area (Å²) >= 11 is 18.3. The second-order valence-corrected chi connectivity index (χ2v) is 12.8. The standard InChI is InChI=1S/C30H24BrCl2N3O4/c1-15(2)24(26(38)35-34-25(37)16-11-13-17(31)14-12-16)36-27(39)22-23(28(36)40)30(33)19-8-4-3-7-18(19)29(22,32)20-9-5-6-10-21(20)30/h3-15,22-24H,1-2H3,(H,34,37)(H,35,38)/t22-,23+,24-,29?,30?/m0/s1. The molecule has 3 aromatic rings. The summed E-state index contributed by atoms with van der Waals surface area (Å²) in [4.78, 5) is 52.9. The quantitative estimate of drug-likeness (QED) is 0.243. The maximum atomic E-state index is 14.2. The minimum absolute atomic E-state index is 0.323. The van der Waals surface area contributed by atoms with Crippen LogP contribution in [-0.4, -0.2) is 34.6 Å². The second kappa shape index (κ2) is 9.43. The number of rotatable bonds is 4. The van der Waals surface area contributed by atoms with E-state index in [1.165, 1.54) is 0 Å². The first-order valence-electron chi connectivity index (χ1n) is 12.8. The van der Waals surface area contributed by atoms with E-state index in [0.717, 1.165) is 9.37 Å². The van der Waals surface area contributed by atoms with Gasteiger partial charge in [-0.3, -0.25) is 34.9 Å². The number of imide groups is 1. The molecule has 7 rings (SSSR count). The maximum Gasteiger partial charge on any atom is 0.269 e. The van der Waals surface area contributed by atoms with Gasteiger partial charge in [-0.15, -0.1) is 23.2 Å². The van der Waals surface area contributed by atoms with Crippen molar-refractivity contribution in [2.45, 2.75) is 29.6 Å². The zero-order chi connectivity index (χ0) is 28.6. The van der Waals surface area contributed by atoms with Gasteiger partial charge in [0.05, 0.1) is 11.8 Å². The fourth-order valence-electron chi connectivity index (χ4n) is 6.55. The Kier molecular flexibility index (Phi) is 6.36. The number of halogens is 3. The third-order valence-corrected chi connectivity index (χ3v) is 10.0. The third-order valence-electron chi connectivity index (χ3n) is 8.20. The zero-order valence-electron chi connectivity index (χ0n) is 21.5. The predicted molar refractivity (Wildman–Crippen MR) is 153 cm³/mol. The van der Waals surface area contributed by atoms with E-state index in [4.69, 9.17) is 23.2 Å². The van der Waals surface area contributed by atoms with Crippen molar-refractivity contribution in [3.8, 4) is 0 Å². The van der Waals surface area contributed by atoms with Gasteiger partial charge in [0, 0.05) is 10.0 Å². The van der Waals surface area contributed by atoms with Crippen molar-refractivity contribution in [1.82, 2.24) is 15.8 Å². The predicted octanol–water partition coefficient (Wildman–Crippen LogP) is 4.83. The highest BCUT2D eigenvalue weighted by Crippen LogP contribution is 2.69. The summed E-state index contributed by atoms with van der Waals surface area (Å²) in [7, 11) is 0. The van der Waals surface area contributed by atoms with Crippen LogP contribution in [0.5, 0.6) is 0 Å². The Hall–Kier alpha value is -3.20. The number of nitrogens with zero attached hydrogens (tertiary/aromatic N) is 1. The van der Waals surface area contributed by atoms with Gasteiger partial charge in [-0.25, -0.2) is 0 Å². The molecule has 2 bridgehead atoms. The van der Waals surface area contributed by atoms with Crippen LogP contribution >= 0.6 is 39.1 Å². The largest absolute Gasteiger partial charge is 0.274 e. The fourth-order valence-corrected chi connectivity index (χ4v) is 7.91. The summed E-state index contributed by atoms with van der Waals surface area (Å²) in [5, 5.41) is 0. The average molecular weight is 641 g/mol. The van der Waals surface area contributed by atoms with E-state index in [-0.39, 0.29) is 0 Å². The molecule has 3 aliphatic carbocycles. The molecule has 4 amide bonds. The second-order valence-electron chi connectivity index (χ2n) is 10.7. The molecule has 1 fully saturated rings. The molecule has 0 saturated carbocycles. The summed E-state index contributed by atoms with van der Waals surface area (Å²) in [5.41, 5.74) is 7.85. The minimum Gasteiger partial charge on any atom is -0.274 e. The highest BCUT2D eigenvalue weighted by atomic mass is 79.9. The summed E-state index contributed by atoms with van der Waals surface area (Å²) in [6.07, 6.45) is 0. The Balaban J connectivity index is 1.37. The van der Waals surface area contributed by atoms with Gasteiger partial charge in [0.25, 0.3) is 11.8 Å². The number of nitrogens with one attached hydrogen (secondary N) is 2. The van der Waals surface area contributed by atoms with E-state index in [0.29, 0.717) is 27.8 Å². The van der Waals surface area contributed by atoms with Crippen molar-refractivity contribution in [3.05, 3.63) is 105 Å². The zero-order valence-corrected chi connectivity index (χ0v) is 24.5. The lowest BCUT2D eigenvalue weighted by molar-refractivity contribution is -0.150. The van der Waals surface area contributed by atoms with E-state index in [2.05, 4.69) is 26.8 Å². The maximum absolute atomic E-state index is 14.2. The number of hydrazine groups is 1. The van der Waals surface area contributed by atoms with E-state index in [9.17, 15) is 19.2 Å². The summed E-state index contributed by atoms with van der Waals surface area (Å²) < 4.78 is 0.799. The molecule has 3 atom stereocenters. The number of carbonyl (C=O) groups excluding carboxylic acids is 4. The molecule has 7 nitrogen and oxygen atoms in total. The fraction of sp³-hybridized carbons (Fsp3) is 0.267.